The van der Waals surface area contributed by atoms with E-state index in [-0.39, 0.29) is 11.6 Å². The van der Waals surface area contributed by atoms with E-state index >= 15 is 0 Å². The summed E-state index contributed by atoms with van der Waals surface area (Å²) >= 11 is 0. The maximum atomic E-state index is 6.38. The van der Waals surface area contributed by atoms with E-state index in [4.69, 9.17) is 15.2 Å². The normalized spacial score (nSPS) is 24.2. The molecule has 1 fully saturated rings. The summed E-state index contributed by atoms with van der Waals surface area (Å²) in [5.41, 5.74) is 8.88. The lowest BCUT2D eigenvalue weighted by Gasteiger charge is -2.33. The molecule has 1 saturated carbocycles. The number of nitrogens with two attached hydrogens (primary N) is 1. The lowest BCUT2D eigenvalue weighted by Crippen LogP contribution is -2.46. The summed E-state index contributed by atoms with van der Waals surface area (Å²) in [6.07, 6.45) is 7.10. The molecule has 0 amide bonds. The van der Waals surface area contributed by atoms with Crippen LogP contribution in [0.5, 0.6) is 5.75 Å². The lowest BCUT2D eigenvalue weighted by molar-refractivity contribution is 0.0236. The molecule has 110 valence electrons. The highest BCUT2D eigenvalue weighted by Crippen LogP contribution is 2.30. The average Bonchev–Trinajstić information content (AvgIpc) is 2.81. The molecular formula is C17H25NO2. The van der Waals surface area contributed by atoms with Crippen LogP contribution >= 0.6 is 0 Å². The van der Waals surface area contributed by atoms with Crippen LogP contribution in [0.15, 0.2) is 18.2 Å². The highest BCUT2D eigenvalue weighted by Gasteiger charge is 2.29. The molecule has 3 nitrogen and oxygen atoms in total. The van der Waals surface area contributed by atoms with Crippen LogP contribution in [0.1, 0.15) is 43.2 Å². The quantitative estimate of drug-likeness (QED) is 0.918. The van der Waals surface area contributed by atoms with Gasteiger partial charge in [0.05, 0.1) is 13.2 Å². The Labute approximate surface area is 121 Å². The predicted octanol–water partition coefficient (Wildman–Crippen LogP) is 2.98. The molecule has 1 atom stereocenters. The topological polar surface area (TPSA) is 44.5 Å². The third-order valence-electron chi connectivity index (χ3n) is 4.50. The molecule has 20 heavy (non-hydrogen) atoms. The summed E-state index contributed by atoms with van der Waals surface area (Å²) in [6, 6.07) is 6.37. The van der Waals surface area contributed by atoms with Gasteiger partial charge < -0.3 is 15.2 Å². The summed E-state index contributed by atoms with van der Waals surface area (Å²) in [7, 11) is 0. The number of ether oxygens (including phenoxy) is 2. The van der Waals surface area contributed by atoms with Crippen LogP contribution in [0.3, 0.4) is 0 Å². The SMILES string of the molecule is Cc1ccc2c(c1)CC(COCC1(N)CCCCC1)O2. The van der Waals surface area contributed by atoms with E-state index in [0.29, 0.717) is 13.2 Å². The molecule has 1 aliphatic carbocycles. The molecule has 1 aromatic rings. The number of hydrogen-bond acceptors (Lipinski definition) is 3. The second-order valence-corrected chi connectivity index (χ2v) is 6.49. The second-order valence-electron chi connectivity index (χ2n) is 6.49. The highest BCUT2D eigenvalue weighted by molar-refractivity contribution is 5.40. The molecule has 0 aromatic heterocycles. The molecule has 1 heterocycles. The fraction of sp³-hybridized carbons (Fsp3) is 0.647. The van der Waals surface area contributed by atoms with E-state index in [0.717, 1.165) is 25.0 Å². The van der Waals surface area contributed by atoms with Gasteiger partial charge in [0.1, 0.15) is 11.9 Å². The number of rotatable bonds is 4. The first-order valence-corrected chi connectivity index (χ1v) is 7.77. The largest absolute Gasteiger partial charge is 0.487 e. The third kappa shape index (κ3) is 3.15. The Kier molecular flexibility index (Phi) is 3.99. The van der Waals surface area contributed by atoms with Crippen molar-refractivity contribution in [3.05, 3.63) is 29.3 Å². The first kappa shape index (κ1) is 13.9. The van der Waals surface area contributed by atoms with E-state index < -0.39 is 0 Å². The first-order chi connectivity index (χ1) is 9.65. The summed E-state index contributed by atoms with van der Waals surface area (Å²) in [4.78, 5) is 0. The van der Waals surface area contributed by atoms with Gasteiger partial charge >= 0.3 is 0 Å². The van der Waals surface area contributed by atoms with Crippen molar-refractivity contribution in [2.24, 2.45) is 5.73 Å². The maximum absolute atomic E-state index is 6.38. The summed E-state index contributed by atoms with van der Waals surface area (Å²) in [5.74, 6) is 1.02. The molecule has 0 saturated heterocycles. The monoisotopic (exact) mass is 275 g/mol. The van der Waals surface area contributed by atoms with Gasteiger partial charge in [-0.3, -0.25) is 0 Å². The molecule has 0 radical (unpaired) electrons. The third-order valence-corrected chi connectivity index (χ3v) is 4.50. The Hall–Kier alpha value is -1.06. The van der Waals surface area contributed by atoms with E-state index in [1.807, 2.05) is 0 Å². The van der Waals surface area contributed by atoms with Gasteiger partial charge in [0.25, 0.3) is 0 Å². The fourth-order valence-corrected chi connectivity index (χ4v) is 3.34. The van der Waals surface area contributed by atoms with Crippen LogP contribution in [-0.2, 0) is 11.2 Å². The molecule has 3 rings (SSSR count). The van der Waals surface area contributed by atoms with Crippen molar-refractivity contribution in [1.82, 2.24) is 0 Å². The van der Waals surface area contributed by atoms with Gasteiger partial charge in [-0.25, -0.2) is 0 Å². The smallest absolute Gasteiger partial charge is 0.126 e. The molecule has 1 aromatic carbocycles. The minimum Gasteiger partial charge on any atom is -0.487 e. The van der Waals surface area contributed by atoms with Gasteiger partial charge in [-0.15, -0.1) is 0 Å². The zero-order chi connectivity index (χ0) is 14.0. The minimum atomic E-state index is -0.0969. The fourth-order valence-electron chi connectivity index (χ4n) is 3.34. The Morgan fingerprint density at radius 1 is 1.30 bits per heavy atom. The Balaban J connectivity index is 1.46. The molecule has 1 unspecified atom stereocenters. The maximum Gasteiger partial charge on any atom is 0.126 e. The van der Waals surface area contributed by atoms with Crippen LogP contribution in [0, 0.1) is 6.92 Å². The van der Waals surface area contributed by atoms with Crippen molar-refractivity contribution in [3.8, 4) is 5.75 Å². The van der Waals surface area contributed by atoms with Crippen LogP contribution in [0.2, 0.25) is 0 Å². The Morgan fingerprint density at radius 3 is 2.90 bits per heavy atom. The number of benzene rings is 1. The molecule has 2 N–H and O–H groups in total. The highest BCUT2D eigenvalue weighted by atomic mass is 16.5. The van der Waals surface area contributed by atoms with Gasteiger partial charge in [-0.05, 0) is 31.4 Å². The average molecular weight is 275 g/mol. The Morgan fingerprint density at radius 2 is 2.10 bits per heavy atom. The van der Waals surface area contributed by atoms with E-state index in [1.165, 1.54) is 30.4 Å². The van der Waals surface area contributed by atoms with Crippen LogP contribution < -0.4 is 10.5 Å². The van der Waals surface area contributed by atoms with E-state index in [1.54, 1.807) is 0 Å². The van der Waals surface area contributed by atoms with Crippen LogP contribution in [0.25, 0.3) is 0 Å². The predicted molar refractivity (Wildman–Crippen MR) is 80.1 cm³/mol. The van der Waals surface area contributed by atoms with Crippen LogP contribution in [-0.4, -0.2) is 24.9 Å². The van der Waals surface area contributed by atoms with E-state index in [2.05, 4.69) is 25.1 Å². The summed E-state index contributed by atoms with van der Waals surface area (Å²) < 4.78 is 11.8. The molecule has 1 aliphatic heterocycles. The van der Waals surface area contributed by atoms with Crippen molar-refractivity contribution in [2.75, 3.05) is 13.2 Å². The van der Waals surface area contributed by atoms with Gasteiger partial charge in [0.2, 0.25) is 0 Å². The van der Waals surface area contributed by atoms with E-state index in [9.17, 15) is 0 Å². The summed E-state index contributed by atoms with van der Waals surface area (Å²) in [5, 5.41) is 0. The van der Waals surface area contributed by atoms with Crippen molar-refractivity contribution < 1.29 is 9.47 Å². The first-order valence-electron chi connectivity index (χ1n) is 7.77. The number of fused-ring (bicyclic) bond motifs is 1. The number of hydrogen-bond donors (Lipinski definition) is 1. The molecular weight excluding hydrogens is 250 g/mol. The minimum absolute atomic E-state index is 0.0969. The van der Waals surface area contributed by atoms with Gasteiger partial charge in [-0.1, -0.05) is 37.0 Å². The van der Waals surface area contributed by atoms with Crippen molar-refractivity contribution in [1.29, 1.82) is 0 Å². The van der Waals surface area contributed by atoms with Gasteiger partial charge in [0, 0.05) is 12.0 Å². The second kappa shape index (κ2) is 5.74. The Bertz CT molecular complexity index is 466. The molecule has 3 heteroatoms. The molecule has 0 spiro atoms. The van der Waals surface area contributed by atoms with Crippen molar-refractivity contribution in [2.45, 2.75) is 57.1 Å². The molecule has 2 aliphatic rings. The van der Waals surface area contributed by atoms with Gasteiger partial charge in [0.15, 0.2) is 0 Å². The van der Waals surface area contributed by atoms with Crippen LogP contribution in [0.4, 0.5) is 0 Å². The van der Waals surface area contributed by atoms with Crippen molar-refractivity contribution >= 4 is 0 Å². The van der Waals surface area contributed by atoms with Crippen molar-refractivity contribution in [3.63, 3.8) is 0 Å². The van der Waals surface area contributed by atoms with Gasteiger partial charge in [-0.2, -0.15) is 0 Å². The standard InChI is InChI=1S/C17H25NO2/c1-13-5-6-16-14(9-13)10-15(20-16)11-19-12-17(18)7-3-2-4-8-17/h5-6,9,15H,2-4,7-8,10-12,18H2,1H3. The number of aryl methyl sites for hydroxylation is 1. The summed E-state index contributed by atoms with van der Waals surface area (Å²) in [6.45, 7) is 3.43. The molecule has 0 bridgehead atoms. The zero-order valence-corrected chi connectivity index (χ0v) is 12.4. The zero-order valence-electron chi connectivity index (χ0n) is 12.4. The lowest BCUT2D eigenvalue weighted by atomic mass is 9.83.